The van der Waals surface area contributed by atoms with Crippen molar-refractivity contribution in [2.45, 2.75) is 20.8 Å². The highest BCUT2D eigenvalue weighted by Crippen LogP contribution is 2.17. The number of carbonyl (C=O) groups excluding carboxylic acids is 2. The molecule has 0 saturated heterocycles. The molecule has 116 valence electrons. The summed E-state index contributed by atoms with van der Waals surface area (Å²) in [7, 11) is 0. The molecule has 0 aliphatic rings. The number of anilines is 2. The number of benzene rings is 1. The molecule has 0 heterocycles. The Morgan fingerprint density at radius 3 is 2.43 bits per heavy atom. The first-order valence-corrected chi connectivity index (χ1v) is 7.11. The lowest BCUT2D eigenvalue weighted by Gasteiger charge is -2.19. The number of aryl methyl sites for hydroxylation is 1. The van der Waals surface area contributed by atoms with Gasteiger partial charge in [0.15, 0.2) is 0 Å². The molecule has 0 aliphatic heterocycles. The minimum Gasteiger partial charge on any atom is -0.399 e. The molecule has 0 atom stereocenters. The number of nitrogen functional groups attached to an aromatic ring is 1. The van der Waals surface area contributed by atoms with Crippen LogP contribution in [0.1, 0.15) is 19.4 Å². The van der Waals surface area contributed by atoms with Gasteiger partial charge >= 0.3 is 0 Å². The van der Waals surface area contributed by atoms with E-state index < -0.39 is 0 Å². The van der Waals surface area contributed by atoms with Crippen LogP contribution in [0.25, 0.3) is 0 Å². The third-order valence-electron chi connectivity index (χ3n) is 3.08. The van der Waals surface area contributed by atoms with E-state index in [-0.39, 0.29) is 24.9 Å². The van der Waals surface area contributed by atoms with Gasteiger partial charge in [0.1, 0.15) is 0 Å². The van der Waals surface area contributed by atoms with E-state index in [1.165, 1.54) is 0 Å². The summed E-state index contributed by atoms with van der Waals surface area (Å²) in [6.45, 7) is 7.29. The number of nitrogens with two attached hydrogens (primary N) is 1. The normalized spacial score (nSPS) is 10.5. The van der Waals surface area contributed by atoms with Gasteiger partial charge in [-0.15, -0.1) is 0 Å². The Kier molecular flexibility index (Phi) is 6.68. The van der Waals surface area contributed by atoms with E-state index in [1.807, 2.05) is 26.8 Å². The van der Waals surface area contributed by atoms with E-state index >= 15 is 0 Å². The predicted molar refractivity (Wildman–Crippen MR) is 85.0 cm³/mol. The Bertz CT molecular complexity index is 502. The van der Waals surface area contributed by atoms with Crippen molar-refractivity contribution >= 4 is 23.2 Å². The van der Waals surface area contributed by atoms with Crippen molar-refractivity contribution < 1.29 is 9.59 Å². The van der Waals surface area contributed by atoms with Gasteiger partial charge in [-0.05, 0) is 44.2 Å². The van der Waals surface area contributed by atoms with Gasteiger partial charge in [0, 0.05) is 17.9 Å². The van der Waals surface area contributed by atoms with Crippen LogP contribution in [0.4, 0.5) is 11.4 Å². The maximum Gasteiger partial charge on any atom is 0.238 e. The highest BCUT2D eigenvalue weighted by molar-refractivity contribution is 5.93. The Hall–Kier alpha value is -2.08. The molecule has 0 saturated carbocycles. The van der Waals surface area contributed by atoms with Crippen molar-refractivity contribution in [2.24, 2.45) is 0 Å². The molecule has 0 aliphatic carbocycles. The van der Waals surface area contributed by atoms with Gasteiger partial charge in [0.05, 0.1) is 13.1 Å². The number of nitrogens with zero attached hydrogens (tertiary/aromatic N) is 1. The first-order chi connectivity index (χ1) is 9.96. The summed E-state index contributed by atoms with van der Waals surface area (Å²) in [5.74, 6) is -0.218. The fourth-order valence-electron chi connectivity index (χ4n) is 1.96. The Labute approximate surface area is 125 Å². The molecule has 1 aromatic carbocycles. The number of rotatable bonds is 7. The standard InChI is InChI=1S/C15H24N4O2/c1-4-17-14(20)9-19(5-2)10-15(21)18-13-7-6-12(16)8-11(13)3/h6-8H,4-5,9-10,16H2,1-3H3,(H,17,20)(H,18,21). The van der Waals surface area contributed by atoms with Crippen LogP contribution in [0.2, 0.25) is 0 Å². The second kappa shape index (κ2) is 8.26. The highest BCUT2D eigenvalue weighted by Gasteiger charge is 2.13. The molecule has 0 spiro atoms. The Morgan fingerprint density at radius 1 is 1.19 bits per heavy atom. The summed E-state index contributed by atoms with van der Waals surface area (Å²) in [6, 6.07) is 5.33. The van der Waals surface area contributed by atoms with Crippen LogP contribution in [0.5, 0.6) is 0 Å². The lowest BCUT2D eigenvalue weighted by molar-refractivity contribution is -0.123. The average Bonchev–Trinajstić information content (AvgIpc) is 2.41. The minimum absolute atomic E-state index is 0.0733. The van der Waals surface area contributed by atoms with Gasteiger partial charge < -0.3 is 16.4 Å². The van der Waals surface area contributed by atoms with Crippen molar-refractivity contribution in [1.29, 1.82) is 0 Å². The predicted octanol–water partition coefficient (Wildman–Crippen LogP) is 0.974. The molecule has 6 nitrogen and oxygen atoms in total. The van der Waals surface area contributed by atoms with Crippen molar-refractivity contribution in [2.75, 3.05) is 37.2 Å². The SMILES string of the molecule is CCNC(=O)CN(CC)CC(=O)Nc1ccc(N)cc1C. The topological polar surface area (TPSA) is 87.5 Å². The van der Waals surface area contributed by atoms with Gasteiger partial charge in [0.2, 0.25) is 11.8 Å². The summed E-state index contributed by atoms with van der Waals surface area (Å²) >= 11 is 0. The Balaban J connectivity index is 2.56. The molecule has 4 N–H and O–H groups in total. The number of carbonyl (C=O) groups is 2. The van der Waals surface area contributed by atoms with E-state index in [0.717, 1.165) is 11.3 Å². The van der Waals surface area contributed by atoms with E-state index in [9.17, 15) is 9.59 Å². The largest absolute Gasteiger partial charge is 0.399 e. The second-order valence-corrected chi connectivity index (χ2v) is 4.88. The maximum absolute atomic E-state index is 12.0. The van der Waals surface area contributed by atoms with Crippen molar-refractivity contribution in [3.05, 3.63) is 23.8 Å². The van der Waals surface area contributed by atoms with Gasteiger partial charge in [-0.2, -0.15) is 0 Å². The first kappa shape index (κ1) is 17.0. The molecule has 0 fully saturated rings. The smallest absolute Gasteiger partial charge is 0.238 e. The van der Waals surface area contributed by atoms with Crippen LogP contribution in [-0.2, 0) is 9.59 Å². The van der Waals surface area contributed by atoms with Crippen LogP contribution in [0, 0.1) is 6.92 Å². The monoisotopic (exact) mass is 292 g/mol. The van der Waals surface area contributed by atoms with E-state index in [0.29, 0.717) is 18.8 Å². The number of nitrogens with one attached hydrogen (secondary N) is 2. The molecule has 0 radical (unpaired) electrons. The van der Waals surface area contributed by atoms with Gasteiger partial charge in [-0.1, -0.05) is 6.92 Å². The first-order valence-electron chi connectivity index (χ1n) is 7.11. The molecule has 1 rings (SSSR count). The summed E-state index contributed by atoms with van der Waals surface area (Å²) in [4.78, 5) is 25.4. The van der Waals surface area contributed by atoms with Gasteiger partial charge in [-0.3, -0.25) is 14.5 Å². The average molecular weight is 292 g/mol. The van der Waals surface area contributed by atoms with Crippen LogP contribution in [0.15, 0.2) is 18.2 Å². The summed E-state index contributed by atoms with van der Waals surface area (Å²) < 4.78 is 0. The minimum atomic E-state index is -0.144. The summed E-state index contributed by atoms with van der Waals surface area (Å²) in [6.07, 6.45) is 0. The molecule has 0 aromatic heterocycles. The zero-order chi connectivity index (χ0) is 15.8. The van der Waals surface area contributed by atoms with Crippen LogP contribution >= 0.6 is 0 Å². The number of hydrogen-bond acceptors (Lipinski definition) is 4. The number of amides is 2. The summed E-state index contributed by atoms with van der Waals surface area (Å²) in [5.41, 5.74) is 7.99. The van der Waals surface area contributed by atoms with Crippen molar-refractivity contribution in [1.82, 2.24) is 10.2 Å². The lowest BCUT2D eigenvalue weighted by Crippen LogP contribution is -2.41. The molecular formula is C15H24N4O2. The third kappa shape index (κ3) is 5.83. The van der Waals surface area contributed by atoms with Crippen molar-refractivity contribution in [3.8, 4) is 0 Å². The lowest BCUT2D eigenvalue weighted by atomic mass is 10.2. The summed E-state index contributed by atoms with van der Waals surface area (Å²) in [5, 5.41) is 5.56. The van der Waals surface area contributed by atoms with Crippen molar-refractivity contribution in [3.63, 3.8) is 0 Å². The van der Waals surface area contributed by atoms with Crippen LogP contribution in [-0.4, -0.2) is 42.9 Å². The molecule has 0 bridgehead atoms. The molecule has 1 aromatic rings. The number of likely N-dealkylation sites (N-methyl/N-ethyl adjacent to an activating group) is 2. The highest BCUT2D eigenvalue weighted by atomic mass is 16.2. The van der Waals surface area contributed by atoms with E-state index in [4.69, 9.17) is 5.73 Å². The van der Waals surface area contributed by atoms with E-state index in [2.05, 4.69) is 10.6 Å². The molecule has 21 heavy (non-hydrogen) atoms. The Morgan fingerprint density at radius 2 is 1.86 bits per heavy atom. The maximum atomic E-state index is 12.0. The fraction of sp³-hybridized carbons (Fsp3) is 0.467. The molecule has 0 unspecified atom stereocenters. The van der Waals surface area contributed by atoms with Crippen LogP contribution < -0.4 is 16.4 Å². The number of hydrogen-bond donors (Lipinski definition) is 3. The van der Waals surface area contributed by atoms with Crippen LogP contribution in [0.3, 0.4) is 0 Å². The van der Waals surface area contributed by atoms with E-state index in [1.54, 1.807) is 17.0 Å². The zero-order valence-corrected chi connectivity index (χ0v) is 12.9. The molecule has 2 amide bonds. The quantitative estimate of drug-likeness (QED) is 0.654. The molecular weight excluding hydrogens is 268 g/mol. The van der Waals surface area contributed by atoms with Gasteiger partial charge in [-0.25, -0.2) is 0 Å². The fourth-order valence-corrected chi connectivity index (χ4v) is 1.96. The third-order valence-corrected chi connectivity index (χ3v) is 3.08. The van der Waals surface area contributed by atoms with Gasteiger partial charge in [0.25, 0.3) is 0 Å². The zero-order valence-electron chi connectivity index (χ0n) is 12.9. The molecule has 6 heteroatoms. The second-order valence-electron chi connectivity index (χ2n) is 4.88.